The SMILES string of the molecule is CC(C)(C)CC1(C(=O)OCC2CO2)CC1(C)C. The maximum absolute atomic E-state index is 12.3. The number of hydrogen-bond donors (Lipinski definition) is 0. The summed E-state index contributed by atoms with van der Waals surface area (Å²) in [6.45, 7) is 12.0. The molecule has 0 aromatic carbocycles. The van der Waals surface area contributed by atoms with Gasteiger partial charge in [-0.1, -0.05) is 34.6 Å². The van der Waals surface area contributed by atoms with Crippen molar-refractivity contribution in [2.24, 2.45) is 16.2 Å². The minimum absolute atomic E-state index is 0.0204. The molecule has 0 spiro atoms. The zero-order valence-corrected chi connectivity index (χ0v) is 11.6. The van der Waals surface area contributed by atoms with Crippen LogP contribution in [0.25, 0.3) is 0 Å². The Labute approximate surface area is 104 Å². The van der Waals surface area contributed by atoms with Crippen LogP contribution in [0.4, 0.5) is 0 Å². The molecular formula is C14H24O3. The summed E-state index contributed by atoms with van der Waals surface area (Å²) in [4.78, 5) is 12.3. The molecule has 98 valence electrons. The molecule has 3 nitrogen and oxygen atoms in total. The van der Waals surface area contributed by atoms with E-state index in [-0.39, 0.29) is 28.3 Å². The number of epoxide rings is 1. The Balaban J connectivity index is 1.99. The van der Waals surface area contributed by atoms with Crippen LogP contribution in [0, 0.1) is 16.2 Å². The first kappa shape index (κ1) is 12.9. The largest absolute Gasteiger partial charge is 0.462 e. The van der Waals surface area contributed by atoms with Crippen molar-refractivity contribution < 1.29 is 14.3 Å². The molecule has 2 aliphatic rings. The summed E-state index contributed by atoms with van der Waals surface area (Å²) in [6, 6.07) is 0. The number of rotatable bonds is 4. The summed E-state index contributed by atoms with van der Waals surface area (Å²) in [5, 5.41) is 0. The van der Waals surface area contributed by atoms with Gasteiger partial charge in [0.1, 0.15) is 12.7 Å². The summed E-state index contributed by atoms with van der Waals surface area (Å²) < 4.78 is 10.5. The van der Waals surface area contributed by atoms with Crippen LogP contribution in [-0.4, -0.2) is 25.3 Å². The lowest BCUT2D eigenvalue weighted by Gasteiger charge is -2.27. The minimum atomic E-state index is -0.264. The molecule has 0 aromatic rings. The van der Waals surface area contributed by atoms with Crippen molar-refractivity contribution in [2.45, 2.75) is 53.6 Å². The third-order valence-corrected chi connectivity index (χ3v) is 3.94. The smallest absolute Gasteiger partial charge is 0.312 e. The second-order valence-corrected chi connectivity index (χ2v) is 7.43. The van der Waals surface area contributed by atoms with E-state index in [0.717, 1.165) is 19.4 Å². The number of ether oxygens (including phenoxy) is 2. The Hall–Kier alpha value is -0.570. The van der Waals surface area contributed by atoms with Crippen LogP contribution in [0.15, 0.2) is 0 Å². The van der Waals surface area contributed by atoms with Crippen LogP contribution < -0.4 is 0 Å². The van der Waals surface area contributed by atoms with Crippen molar-refractivity contribution in [3.05, 3.63) is 0 Å². The van der Waals surface area contributed by atoms with E-state index in [2.05, 4.69) is 34.6 Å². The molecule has 0 bridgehead atoms. The van der Waals surface area contributed by atoms with E-state index in [1.54, 1.807) is 0 Å². The van der Waals surface area contributed by atoms with Crippen molar-refractivity contribution in [2.75, 3.05) is 13.2 Å². The van der Waals surface area contributed by atoms with Gasteiger partial charge in [0.2, 0.25) is 0 Å². The highest BCUT2D eigenvalue weighted by atomic mass is 16.6. The predicted molar refractivity (Wildman–Crippen MR) is 65.6 cm³/mol. The van der Waals surface area contributed by atoms with E-state index >= 15 is 0 Å². The molecule has 1 heterocycles. The normalized spacial score (nSPS) is 34.3. The van der Waals surface area contributed by atoms with E-state index in [4.69, 9.17) is 9.47 Å². The number of hydrogen-bond acceptors (Lipinski definition) is 3. The maximum Gasteiger partial charge on any atom is 0.312 e. The Kier molecular flexibility index (Phi) is 2.81. The maximum atomic E-state index is 12.3. The van der Waals surface area contributed by atoms with Crippen molar-refractivity contribution in [3.8, 4) is 0 Å². The first-order valence-electron chi connectivity index (χ1n) is 6.45. The molecule has 2 unspecified atom stereocenters. The Morgan fingerprint density at radius 3 is 2.29 bits per heavy atom. The topological polar surface area (TPSA) is 38.8 Å². The standard InChI is InChI=1S/C14H24O3/c1-12(2,3)8-14(9-13(14,4)5)11(15)17-7-10-6-16-10/h10H,6-9H2,1-5H3. The van der Waals surface area contributed by atoms with Gasteiger partial charge in [0.25, 0.3) is 0 Å². The number of carbonyl (C=O) groups is 1. The predicted octanol–water partition coefficient (Wildman–Crippen LogP) is 2.78. The summed E-state index contributed by atoms with van der Waals surface area (Å²) in [7, 11) is 0. The van der Waals surface area contributed by atoms with E-state index < -0.39 is 0 Å². The molecular weight excluding hydrogens is 216 g/mol. The third kappa shape index (κ3) is 2.65. The van der Waals surface area contributed by atoms with Crippen LogP contribution in [0.5, 0.6) is 0 Å². The minimum Gasteiger partial charge on any atom is -0.462 e. The lowest BCUT2D eigenvalue weighted by Crippen LogP contribution is -2.29. The van der Waals surface area contributed by atoms with Crippen LogP contribution in [0.1, 0.15) is 47.5 Å². The molecule has 0 amide bonds. The van der Waals surface area contributed by atoms with Crippen molar-refractivity contribution >= 4 is 5.97 Å². The van der Waals surface area contributed by atoms with E-state index in [9.17, 15) is 4.79 Å². The molecule has 1 saturated carbocycles. The molecule has 0 aromatic heterocycles. The summed E-state index contributed by atoms with van der Waals surface area (Å²) in [6.07, 6.45) is 2.01. The molecule has 17 heavy (non-hydrogen) atoms. The second-order valence-electron chi connectivity index (χ2n) is 7.43. The molecule has 0 radical (unpaired) electrons. The lowest BCUT2D eigenvalue weighted by molar-refractivity contribution is -0.153. The fourth-order valence-corrected chi connectivity index (χ4v) is 2.81. The van der Waals surface area contributed by atoms with Gasteiger partial charge in [-0.2, -0.15) is 0 Å². The zero-order valence-electron chi connectivity index (χ0n) is 11.6. The van der Waals surface area contributed by atoms with Gasteiger partial charge in [0.05, 0.1) is 12.0 Å². The Morgan fingerprint density at radius 1 is 1.41 bits per heavy atom. The van der Waals surface area contributed by atoms with Crippen LogP contribution in [0.3, 0.4) is 0 Å². The monoisotopic (exact) mass is 240 g/mol. The molecule has 1 aliphatic carbocycles. The molecule has 1 saturated heterocycles. The van der Waals surface area contributed by atoms with Crippen molar-refractivity contribution in [1.29, 1.82) is 0 Å². The fourth-order valence-electron chi connectivity index (χ4n) is 2.81. The fraction of sp³-hybridized carbons (Fsp3) is 0.929. The first-order valence-corrected chi connectivity index (χ1v) is 6.45. The highest BCUT2D eigenvalue weighted by molar-refractivity contribution is 5.81. The van der Waals surface area contributed by atoms with Crippen molar-refractivity contribution in [3.63, 3.8) is 0 Å². The van der Waals surface area contributed by atoms with Gasteiger partial charge < -0.3 is 9.47 Å². The number of esters is 1. The molecule has 2 fully saturated rings. The molecule has 3 heteroatoms. The van der Waals surface area contributed by atoms with E-state index in [1.165, 1.54) is 0 Å². The summed E-state index contributed by atoms with van der Waals surface area (Å²) in [5.41, 5.74) is -0.0230. The molecule has 2 atom stereocenters. The Morgan fingerprint density at radius 2 is 1.94 bits per heavy atom. The second kappa shape index (κ2) is 3.71. The van der Waals surface area contributed by atoms with Crippen LogP contribution in [-0.2, 0) is 14.3 Å². The van der Waals surface area contributed by atoms with E-state index in [0.29, 0.717) is 6.61 Å². The first-order chi connectivity index (χ1) is 7.66. The third-order valence-electron chi connectivity index (χ3n) is 3.94. The van der Waals surface area contributed by atoms with Gasteiger partial charge in [-0.25, -0.2) is 0 Å². The van der Waals surface area contributed by atoms with Crippen LogP contribution >= 0.6 is 0 Å². The summed E-state index contributed by atoms with van der Waals surface area (Å²) >= 11 is 0. The number of carbonyl (C=O) groups excluding carboxylic acids is 1. The van der Waals surface area contributed by atoms with Gasteiger partial charge in [0.15, 0.2) is 0 Å². The lowest BCUT2D eigenvalue weighted by atomic mass is 9.79. The quantitative estimate of drug-likeness (QED) is 0.560. The highest BCUT2D eigenvalue weighted by Crippen LogP contribution is 2.68. The van der Waals surface area contributed by atoms with Gasteiger partial charge in [-0.3, -0.25) is 4.79 Å². The van der Waals surface area contributed by atoms with Crippen LogP contribution in [0.2, 0.25) is 0 Å². The van der Waals surface area contributed by atoms with Gasteiger partial charge in [-0.15, -0.1) is 0 Å². The van der Waals surface area contributed by atoms with Gasteiger partial charge in [-0.05, 0) is 23.7 Å². The summed E-state index contributed by atoms with van der Waals surface area (Å²) in [5.74, 6) is -0.0204. The van der Waals surface area contributed by atoms with Gasteiger partial charge >= 0.3 is 5.97 Å². The molecule has 1 aliphatic heterocycles. The average molecular weight is 240 g/mol. The zero-order chi connectivity index (χ0) is 12.9. The van der Waals surface area contributed by atoms with Gasteiger partial charge in [0, 0.05) is 0 Å². The van der Waals surface area contributed by atoms with E-state index in [1.807, 2.05) is 0 Å². The molecule has 0 N–H and O–H groups in total. The average Bonchev–Trinajstić information content (AvgIpc) is 2.99. The Bertz CT molecular complexity index is 323. The van der Waals surface area contributed by atoms with Crippen molar-refractivity contribution in [1.82, 2.24) is 0 Å². The highest BCUT2D eigenvalue weighted by Gasteiger charge is 2.67. The molecule has 2 rings (SSSR count).